The Bertz CT molecular complexity index is 1000. The van der Waals surface area contributed by atoms with Gasteiger partial charge in [-0.2, -0.15) is 9.97 Å². The lowest BCUT2D eigenvalue weighted by Gasteiger charge is -2.27. The molecular formula is C22H28ClN7. The van der Waals surface area contributed by atoms with Crippen molar-refractivity contribution in [3.63, 3.8) is 0 Å². The standard InChI is InChI=1S/C22H28ClN7/c23-14-5-9-16(10-6-14)26-20-19-21(30(13-25-19)18-3-1-2-4-18)29-22(28-20)27-17-11-7-15(24)8-12-17/h5-6,9-10,13,15,17-18H,1-4,7-8,11-12,24H2,(H2,26,27,28,29). The number of nitrogens with zero attached hydrogens (tertiary/aromatic N) is 4. The number of halogens is 1. The van der Waals surface area contributed by atoms with Crippen LogP contribution < -0.4 is 16.4 Å². The van der Waals surface area contributed by atoms with E-state index in [2.05, 4.69) is 20.2 Å². The molecule has 2 aliphatic rings. The van der Waals surface area contributed by atoms with Gasteiger partial charge in [0.15, 0.2) is 17.0 Å². The lowest BCUT2D eigenvalue weighted by Crippen LogP contribution is -2.33. The molecule has 2 aliphatic carbocycles. The summed E-state index contributed by atoms with van der Waals surface area (Å²) in [5.74, 6) is 1.37. The summed E-state index contributed by atoms with van der Waals surface area (Å²) in [7, 11) is 0. The quantitative estimate of drug-likeness (QED) is 0.531. The molecule has 2 aromatic heterocycles. The SMILES string of the molecule is NC1CCC(Nc2nc(Nc3ccc(Cl)cc3)c3ncn(C4CCCC4)c3n2)CC1. The second kappa shape index (κ2) is 8.40. The predicted molar refractivity (Wildman–Crippen MR) is 121 cm³/mol. The summed E-state index contributed by atoms with van der Waals surface area (Å²) in [6.45, 7) is 0. The van der Waals surface area contributed by atoms with Gasteiger partial charge in [-0.25, -0.2) is 4.98 Å². The van der Waals surface area contributed by atoms with E-state index in [1.807, 2.05) is 30.6 Å². The molecule has 30 heavy (non-hydrogen) atoms. The zero-order chi connectivity index (χ0) is 20.5. The van der Waals surface area contributed by atoms with Crippen LogP contribution in [0.1, 0.15) is 57.4 Å². The highest BCUT2D eigenvalue weighted by molar-refractivity contribution is 6.30. The van der Waals surface area contributed by atoms with Gasteiger partial charge in [-0.3, -0.25) is 0 Å². The molecule has 0 saturated heterocycles. The number of nitrogens with one attached hydrogen (secondary N) is 2. The number of imidazole rings is 1. The minimum Gasteiger partial charge on any atom is -0.351 e. The van der Waals surface area contributed by atoms with Gasteiger partial charge in [-0.1, -0.05) is 24.4 Å². The molecule has 0 aliphatic heterocycles. The summed E-state index contributed by atoms with van der Waals surface area (Å²) in [5.41, 5.74) is 8.68. The maximum atomic E-state index is 6.07. The van der Waals surface area contributed by atoms with Gasteiger partial charge in [0.25, 0.3) is 0 Å². The molecule has 2 saturated carbocycles. The van der Waals surface area contributed by atoms with Crippen molar-refractivity contribution in [3.8, 4) is 0 Å². The van der Waals surface area contributed by atoms with E-state index in [1.165, 1.54) is 25.7 Å². The van der Waals surface area contributed by atoms with Gasteiger partial charge in [0.1, 0.15) is 0 Å². The molecule has 7 nitrogen and oxygen atoms in total. The number of hydrogen-bond acceptors (Lipinski definition) is 6. The highest BCUT2D eigenvalue weighted by Gasteiger charge is 2.24. The maximum Gasteiger partial charge on any atom is 0.227 e. The van der Waals surface area contributed by atoms with Crippen molar-refractivity contribution in [3.05, 3.63) is 35.6 Å². The van der Waals surface area contributed by atoms with Gasteiger partial charge in [0.05, 0.1) is 6.33 Å². The highest BCUT2D eigenvalue weighted by Crippen LogP contribution is 2.34. The zero-order valence-corrected chi connectivity index (χ0v) is 17.8. The Morgan fingerprint density at radius 3 is 2.43 bits per heavy atom. The zero-order valence-electron chi connectivity index (χ0n) is 17.0. The molecule has 0 atom stereocenters. The summed E-state index contributed by atoms with van der Waals surface area (Å²) in [6, 6.07) is 8.76. The number of anilines is 3. The summed E-state index contributed by atoms with van der Waals surface area (Å²) in [5, 5.41) is 7.68. The first-order valence-electron chi connectivity index (χ1n) is 10.9. The lowest BCUT2D eigenvalue weighted by atomic mass is 9.92. The van der Waals surface area contributed by atoms with E-state index in [0.717, 1.165) is 42.5 Å². The van der Waals surface area contributed by atoms with Crippen LogP contribution in [-0.2, 0) is 0 Å². The van der Waals surface area contributed by atoms with Gasteiger partial charge >= 0.3 is 0 Å². The lowest BCUT2D eigenvalue weighted by molar-refractivity contribution is 0.410. The van der Waals surface area contributed by atoms with Crippen LogP contribution in [0.5, 0.6) is 0 Å². The number of hydrogen-bond donors (Lipinski definition) is 3. The second-order valence-corrected chi connectivity index (χ2v) is 8.98. The minimum absolute atomic E-state index is 0.317. The Hall–Kier alpha value is -2.38. The van der Waals surface area contributed by atoms with E-state index in [9.17, 15) is 0 Å². The molecule has 0 spiro atoms. The third-order valence-corrected chi connectivity index (χ3v) is 6.60. The van der Waals surface area contributed by atoms with Crippen LogP contribution in [0.15, 0.2) is 30.6 Å². The largest absolute Gasteiger partial charge is 0.351 e. The van der Waals surface area contributed by atoms with Gasteiger partial charge in [0.2, 0.25) is 5.95 Å². The summed E-state index contributed by atoms with van der Waals surface area (Å²) >= 11 is 6.04. The third kappa shape index (κ3) is 4.09. The Morgan fingerprint density at radius 2 is 1.70 bits per heavy atom. The van der Waals surface area contributed by atoms with Crippen LogP contribution in [-0.4, -0.2) is 31.6 Å². The van der Waals surface area contributed by atoms with Gasteiger partial charge in [-0.15, -0.1) is 0 Å². The normalized spacial score (nSPS) is 22.5. The van der Waals surface area contributed by atoms with Crippen molar-refractivity contribution in [2.75, 3.05) is 10.6 Å². The Morgan fingerprint density at radius 1 is 0.967 bits per heavy atom. The van der Waals surface area contributed by atoms with Crippen molar-refractivity contribution in [1.29, 1.82) is 0 Å². The van der Waals surface area contributed by atoms with Crippen molar-refractivity contribution in [2.24, 2.45) is 5.73 Å². The molecule has 4 N–H and O–H groups in total. The summed E-state index contributed by atoms with van der Waals surface area (Å²) < 4.78 is 2.24. The fourth-order valence-electron chi connectivity index (χ4n) is 4.63. The highest BCUT2D eigenvalue weighted by atomic mass is 35.5. The molecule has 0 bridgehead atoms. The number of nitrogens with two attached hydrogens (primary N) is 1. The molecule has 0 amide bonds. The van der Waals surface area contributed by atoms with E-state index < -0.39 is 0 Å². The van der Waals surface area contributed by atoms with Crippen LogP contribution >= 0.6 is 11.6 Å². The van der Waals surface area contributed by atoms with Crippen LogP contribution in [0.3, 0.4) is 0 Å². The van der Waals surface area contributed by atoms with Crippen molar-refractivity contribution >= 4 is 40.2 Å². The molecule has 158 valence electrons. The minimum atomic E-state index is 0.317. The molecule has 2 heterocycles. The van der Waals surface area contributed by atoms with Crippen LogP contribution in [0.4, 0.5) is 17.5 Å². The third-order valence-electron chi connectivity index (χ3n) is 6.35. The first-order chi connectivity index (χ1) is 14.7. The Labute approximate surface area is 181 Å². The van der Waals surface area contributed by atoms with E-state index in [4.69, 9.17) is 27.3 Å². The predicted octanol–water partition coefficient (Wildman–Crippen LogP) is 5.02. The molecule has 5 rings (SSSR count). The van der Waals surface area contributed by atoms with Gasteiger partial charge in [0, 0.05) is 28.8 Å². The molecule has 8 heteroatoms. The Balaban J connectivity index is 1.50. The van der Waals surface area contributed by atoms with Crippen molar-refractivity contribution in [2.45, 2.75) is 69.5 Å². The van der Waals surface area contributed by atoms with E-state index in [0.29, 0.717) is 34.9 Å². The number of aromatic nitrogens is 4. The molecule has 3 aromatic rings. The van der Waals surface area contributed by atoms with Crippen molar-refractivity contribution in [1.82, 2.24) is 19.5 Å². The first kappa shape index (κ1) is 19.6. The Kier molecular flexibility index (Phi) is 5.48. The van der Waals surface area contributed by atoms with Gasteiger partial charge < -0.3 is 20.9 Å². The molecule has 2 fully saturated rings. The molecule has 0 radical (unpaired) electrons. The average Bonchev–Trinajstić information content (AvgIpc) is 3.41. The molecule has 1 aromatic carbocycles. The monoisotopic (exact) mass is 425 g/mol. The smallest absolute Gasteiger partial charge is 0.227 e. The maximum absolute atomic E-state index is 6.07. The van der Waals surface area contributed by atoms with Crippen LogP contribution in [0.25, 0.3) is 11.2 Å². The van der Waals surface area contributed by atoms with E-state index in [1.54, 1.807) is 0 Å². The number of rotatable bonds is 5. The fourth-order valence-corrected chi connectivity index (χ4v) is 4.76. The topological polar surface area (TPSA) is 93.7 Å². The molecule has 0 unspecified atom stereocenters. The second-order valence-electron chi connectivity index (χ2n) is 8.55. The summed E-state index contributed by atoms with van der Waals surface area (Å²) in [4.78, 5) is 14.4. The van der Waals surface area contributed by atoms with Gasteiger partial charge in [-0.05, 0) is 62.8 Å². The van der Waals surface area contributed by atoms with Crippen LogP contribution in [0.2, 0.25) is 5.02 Å². The average molecular weight is 426 g/mol. The summed E-state index contributed by atoms with van der Waals surface area (Å²) in [6.07, 6.45) is 11.0. The van der Waals surface area contributed by atoms with E-state index in [-0.39, 0.29) is 0 Å². The number of benzene rings is 1. The van der Waals surface area contributed by atoms with Crippen LogP contribution in [0, 0.1) is 0 Å². The van der Waals surface area contributed by atoms with E-state index >= 15 is 0 Å². The fraction of sp³-hybridized carbons (Fsp3) is 0.500. The number of fused-ring (bicyclic) bond motifs is 1. The van der Waals surface area contributed by atoms with Crippen molar-refractivity contribution < 1.29 is 0 Å². The first-order valence-corrected chi connectivity index (χ1v) is 11.3. The molecular weight excluding hydrogens is 398 g/mol.